The fourth-order valence-electron chi connectivity index (χ4n) is 13.7. The van der Waals surface area contributed by atoms with Gasteiger partial charge in [-0.15, -0.1) is 11.3 Å². The number of hydrazone groups is 1. The van der Waals surface area contributed by atoms with Crippen LogP contribution in [0.2, 0.25) is 5.02 Å². The lowest BCUT2D eigenvalue weighted by molar-refractivity contribution is -0.140. The Kier molecular flexibility index (Phi) is 14.9. The number of hydrogen-bond acceptors (Lipinski definition) is 12. The summed E-state index contributed by atoms with van der Waals surface area (Å²) < 4.78 is 2.27. The summed E-state index contributed by atoms with van der Waals surface area (Å²) in [6, 6.07) is 19.2. The van der Waals surface area contributed by atoms with Gasteiger partial charge in [0.25, 0.3) is 5.56 Å². The quantitative estimate of drug-likeness (QED) is 0.0540. The van der Waals surface area contributed by atoms with Gasteiger partial charge in [0.2, 0.25) is 11.8 Å². The van der Waals surface area contributed by atoms with Crippen LogP contribution >= 0.6 is 22.9 Å². The Bertz CT molecular complexity index is 2980. The normalized spacial score (nSPS) is 24.6. The number of carbonyl (C=O) groups excluding carboxylic acids is 2. The molecule has 6 heterocycles. The van der Waals surface area contributed by atoms with Crippen LogP contribution in [0, 0.1) is 24.7 Å². The Morgan fingerprint density at radius 3 is 2.47 bits per heavy atom. The maximum absolute atomic E-state index is 14.7. The van der Waals surface area contributed by atoms with Crippen LogP contribution < -0.4 is 22.0 Å². The topological polar surface area (TPSA) is 183 Å². The molecule has 5 N–H and O–H groups in total. The van der Waals surface area contributed by atoms with Gasteiger partial charge in [-0.2, -0.15) is 10.1 Å². The number of rotatable bonds is 12. The van der Waals surface area contributed by atoms with Gasteiger partial charge >= 0.3 is 0 Å². The first kappa shape index (κ1) is 50.8. The molecular formula is C58H71ClN10O4S. The zero-order valence-corrected chi connectivity index (χ0v) is 44.4. The molecule has 3 saturated heterocycles. The Morgan fingerprint density at radius 1 is 1.00 bits per heavy atom. The molecule has 2 saturated carbocycles. The number of aliphatic hydroxyl groups is 1. The van der Waals surface area contributed by atoms with Crippen molar-refractivity contribution in [1.82, 2.24) is 35.0 Å². The summed E-state index contributed by atoms with van der Waals surface area (Å²) in [6.07, 6.45) is 14.4. The van der Waals surface area contributed by atoms with E-state index in [2.05, 4.69) is 60.5 Å². The molecule has 0 radical (unpaired) electrons. The largest absolute Gasteiger partial charge is 0.391 e. The minimum Gasteiger partial charge on any atom is -0.391 e. The number of nitrogens with one attached hydrogen (secondary N) is 2. The van der Waals surface area contributed by atoms with Gasteiger partial charge in [0.15, 0.2) is 0 Å². The number of nitrogens with zero attached hydrogens (tertiary/aromatic N) is 7. The number of benzene rings is 3. The molecule has 4 atom stereocenters. The molecule has 2 aromatic heterocycles. The van der Waals surface area contributed by atoms with Crippen molar-refractivity contribution in [3.63, 3.8) is 0 Å². The summed E-state index contributed by atoms with van der Waals surface area (Å²) in [5, 5.41) is 22.7. The number of thiazole rings is 1. The Balaban J connectivity index is 0.706. The van der Waals surface area contributed by atoms with Crippen LogP contribution in [0.25, 0.3) is 27.0 Å². The van der Waals surface area contributed by atoms with Crippen LogP contribution in [0.3, 0.4) is 0 Å². The van der Waals surface area contributed by atoms with E-state index in [0.29, 0.717) is 22.2 Å². The monoisotopic (exact) mass is 1040 g/mol. The van der Waals surface area contributed by atoms with Gasteiger partial charge in [0.1, 0.15) is 17.9 Å². The van der Waals surface area contributed by atoms with Crippen molar-refractivity contribution in [3.8, 4) is 16.1 Å². The SMILES string of the molecule is Cc1ncsc1-c1ccc([C@H](C)NC(=O)[C@@H]2C[C@@H](O)CN2C(=O)[C@@H](N=C/C(=N\N)C2CCC(CN3CCC(c4ccc5c(c4)-n4c(nc(=O)c6c(Cl)cccc64)C54CCCCC4)CC3)CC2)C2CCNCC2)cc1. The molecule has 16 heteroatoms. The summed E-state index contributed by atoms with van der Waals surface area (Å²) in [5.41, 5.74) is 9.83. The predicted octanol–water partition coefficient (Wildman–Crippen LogP) is 8.61. The number of aliphatic hydroxyl groups excluding tert-OH is 1. The van der Waals surface area contributed by atoms with E-state index in [9.17, 15) is 19.5 Å². The fraction of sp³-hybridized carbons (Fsp3) is 0.534. The minimum atomic E-state index is -0.806. The zero-order chi connectivity index (χ0) is 51.1. The second kappa shape index (κ2) is 21.7. The van der Waals surface area contributed by atoms with Crippen LogP contribution in [-0.4, -0.2) is 111 Å². The first-order chi connectivity index (χ1) is 36.0. The highest BCUT2D eigenvalue weighted by atomic mass is 35.5. The molecule has 2 amide bonds. The van der Waals surface area contributed by atoms with Crippen molar-refractivity contribution in [3.05, 3.63) is 110 Å². The zero-order valence-electron chi connectivity index (χ0n) is 42.9. The number of carbonyl (C=O) groups is 2. The molecule has 390 valence electrons. The number of aryl methyl sites for hydroxylation is 1. The van der Waals surface area contributed by atoms with Gasteiger partial charge in [-0.05, 0) is 162 Å². The van der Waals surface area contributed by atoms with Crippen molar-refractivity contribution < 1.29 is 14.7 Å². The lowest BCUT2D eigenvalue weighted by Crippen LogP contribution is -2.51. The molecule has 6 aliphatic rings. The predicted molar refractivity (Wildman–Crippen MR) is 295 cm³/mol. The maximum atomic E-state index is 14.7. The van der Waals surface area contributed by atoms with Gasteiger partial charge in [0, 0.05) is 31.6 Å². The number of likely N-dealkylation sites (tertiary alicyclic amines) is 2. The Labute approximate surface area is 443 Å². The van der Waals surface area contributed by atoms with E-state index in [1.165, 1.54) is 23.2 Å². The number of fused-ring (bicyclic) bond motifs is 7. The Hall–Kier alpha value is -5.32. The van der Waals surface area contributed by atoms with Crippen LogP contribution in [0.5, 0.6) is 0 Å². The highest BCUT2D eigenvalue weighted by Crippen LogP contribution is 2.52. The van der Waals surface area contributed by atoms with E-state index in [0.717, 1.165) is 149 Å². The third-order valence-corrected chi connectivity index (χ3v) is 19.2. The molecule has 1 spiro atoms. The van der Waals surface area contributed by atoms with E-state index in [1.54, 1.807) is 28.5 Å². The molecule has 74 heavy (non-hydrogen) atoms. The average molecular weight is 1040 g/mol. The fourth-order valence-corrected chi connectivity index (χ4v) is 14.8. The lowest BCUT2D eigenvalue weighted by atomic mass is 9.69. The van der Waals surface area contributed by atoms with Crippen LogP contribution in [0.4, 0.5) is 0 Å². The van der Waals surface area contributed by atoms with Crippen LogP contribution in [-0.2, 0) is 15.0 Å². The van der Waals surface area contributed by atoms with Gasteiger partial charge in [0.05, 0.1) is 61.0 Å². The highest BCUT2D eigenvalue weighted by molar-refractivity contribution is 7.13. The molecule has 5 aromatic rings. The number of aliphatic imine (C=N–C) groups is 1. The summed E-state index contributed by atoms with van der Waals surface area (Å²) in [4.78, 5) is 61.7. The Morgan fingerprint density at radius 2 is 1.76 bits per heavy atom. The van der Waals surface area contributed by atoms with E-state index in [4.69, 9.17) is 27.4 Å². The standard InChI is InChI=1S/C58H71ClN10O4S/c1-35(38-13-15-42(16-14-38)53-36(2)63-34-74-53)64-54(71)50-30-44(70)33-68(50)56(73)52(41-19-25-61-26-20-41)62-31-47(66-60)40-11-9-37(10-12-40)32-67-27-21-39(22-28-67)43-17-18-45-49(29-43)69-48-8-6-7-46(59)51(48)55(72)65-57(69)58(45)23-4-3-5-24-58/h6-8,13-18,29,31,34-35,37,39-41,44,50,52,61,70H,3-5,9-12,19-28,30,32-33,60H2,1-2H3,(H,64,71)/b62-31?,66-47+/t35-,37?,40?,44+,50-,52-/m0/s1. The van der Waals surface area contributed by atoms with Crippen LogP contribution in [0.15, 0.2) is 81.1 Å². The van der Waals surface area contributed by atoms with Crippen LogP contribution in [0.1, 0.15) is 137 Å². The molecule has 11 rings (SSSR count). The number of aromatic nitrogens is 3. The number of nitrogens with two attached hydrogens (primary N) is 1. The minimum absolute atomic E-state index is 0.0163. The number of β-amino-alcohol motifs (C(OH)–C–C–N with tert-alkyl or cyclic N) is 1. The first-order valence-electron chi connectivity index (χ1n) is 27.4. The maximum Gasteiger partial charge on any atom is 0.282 e. The number of hydrogen-bond donors (Lipinski definition) is 4. The second-order valence-electron chi connectivity index (χ2n) is 22.3. The lowest BCUT2D eigenvalue weighted by Gasteiger charge is -2.37. The van der Waals surface area contributed by atoms with Crippen molar-refractivity contribution in [2.45, 2.75) is 139 Å². The average Bonchev–Trinajstić information content (AvgIpc) is 4.12. The molecule has 14 nitrogen and oxygen atoms in total. The third kappa shape index (κ3) is 9.87. The highest BCUT2D eigenvalue weighted by Gasteiger charge is 2.47. The second-order valence-corrected chi connectivity index (χ2v) is 23.6. The summed E-state index contributed by atoms with van der Waals surface area (Å²) >= 11 is 8.26. The van der Waals surface area contributed by atoms with Crippen molar-refractivity contribution in [1.29, 1.82) is 0 Å². The van der Waals surface area contributed by atoms with E-state index in [-0.39, 0.29) is 53.6 Å². The number of piperidine rings is 2. The van der Waals surface area contributed by atoms with Gasteiger partial charge in [-0.1, -0.05) is 73.3 Å². The number of halogens is 1. The van der Waals surface area contributed by atoms with E-state index < -0.39 is 18.2 Å². The molecule has 0 unspecified atom stereocenters. The van der Waals surface area contributed by atoms with E-state index in [1.807, 2.05) is 43.6 Å². The molecule has 4 aliphatic heterocycles. The van der Waals surface area contributed by atoms with Gasteiger partial charge < -0.3 is 31.4 Å². The van der Waals surface area contributed by atoms with Gasteiger partial charge in [-0.25, -0.2) is 4.98 Å². The van der Waals surface area contributed by atoms with Crippen molar-refractivity contribution in [2.24, 2.45) is 33.7 Å². The molecule has 3 aromatic carbocycles. The molecule has 5 fully saturated rings. The molecular weight excluding hydrogens is 968 g/mol. The number of amides is 2. The molecule has 2 aliphatic carbocycles. The van der Waals surface area contributed by atoms with Crippen molar-refractivity contribution in [2.75, 3.05) is 39.3 Å². The van der Waals surface area contributed by atoms with E-state index >= 15 is 0 Å². The third-order valence-electron chi connectivity index (χ3n) is 17.9. The van der Waals surface area contributed by atoms with Crippen molar-refractivity contribution >= 4 is 57.6 Å². The van der Waals surface area contributed by atoms with Gasteiger partial charge in [-0.3, -0.25) is 23.9 Å². The summed E-state index contributed by atoms with van der Waals surface area (Å²) in [5.74, 6) is 7.69. The summed E-state index contributed by atoms with van der Waals surface area (Å²) in [6.45, 7) is 8.79. The summed E-state index contributed by atoms with van der Waals surface area (Å²) in [7, 11) is 0. The first-order valence-corrected chi connectivity index (χ1v) is 28.6. The smallest absolute Gasteiger partial charge is 0.282 e. The molecule has 0 bridgehead atoms.